The van der Waals surface area contributed by atoms with Crippen molar-refractivity contribution in [2.45, 2.75) is 32.3 Å². The predicted molar refractivity (Wildman–Crippen MR) is 125 cm³/mol. The number of hydrogen-bond donors (Lipinski definition) is 3. The van der Waals surface area contributed by atoms with Gasteiger partial charge in [-0.15, -0.1) is 0 Å². The number of aryl methyl sites for hydroxylation is 2. The first-order valence-corrected chi connectivity index (χ1v) is 10.7. The molecule has 1 aliphatic carbocycles. The maximum absolute atomic E-state index is 10.7. The maximum atomic E-state index is 10.7. The standard InChI is InChI=1S/C24H24N8O/c1-14-21-18(8-10-24(21,2)33)32(29-14)20-12-19(26)28-23-17(9-11-27-20)22(30-31(23)3)16-6-4-15(13-25)5-7-16/h4-7,9,11-12,28,33H,8,10,26H2,1-3H3. The molecule has 0 saturated heterocycles. The van der Waals surface area contributed by atoms with Crippen molar-refractivity contribution in [1.29, 1.82) is 5.26 Å². The molecule has 4 aromatic rings. The topological polar surface area (TPSA) is 134 Å². The Labute approximate surface area is 190 Å². The molecule has 9 heteroatoms. The van der Waals surface area contributed by atoms with Gasteiger partial charge in [-0.2, -0.15) is 15.5 Å². The number of nitriles is 1. The molecule has 4 N–H and O–H groups in total. The first-order valence-electron chi connectivity index (χ1n) is 10.7. The number of nitrogens with one attached hydrogen (secondary N) is 1. The second kappa shape index (κ2) is 7.46. The van der Waals surface area contributed by atoms with Gasteiger partial charge >= 0.3 is 0 Å². The lowest BCUT2D eigenvalue weighted by atomic mass is 9.99. The molecule has 33 heavy (non-hydrogen) atoms. The Balaban J connectivity index is 1.70. The van der Waals surface area contributed by atoms with Crippen molar-refractivity contribution in [3.8, 4) is 23.1 Å². The lowest BCUT2D eigenvalue weighted by Crippen LogP contribution is -2.17. The van der Waals surface area contributed by atoms with Gasteiger partial charge in [-0.1, -0.05) is 12.1 Å². The summed E-state index contributed by atoms with van der Waals surface area (Å²) < 4.78 is 3.49. The van der Waals surface area contributed by atoms with Crippen molar-refractivity contribution >= 4 is 16.9 Å². The highest BCUT2D eigenvalue weighted by Gasteiger charge is 2.37. The van der Waals surface area contributed by atoms with Gasteiger partial charge in [0.25, 0.3) is 0 Å². The van der Waals surface area contributed by atoms with Crippen LogP contribution in [0.1, 0.15) is 35.9 Å². The minimum absolute atomic E-state index is 0.389. The van der Waals surface area contributed by atoms with E-state index < -0.39 is 5.60 Å². The van der Waals surface area contributed by atoms with Crippen molar-refractivity contribution in [1.82, 2.24) is 29.5 Å². The highest BCUT2D eigenvalue weighted by molar-refractivity contribution is 5.91. The molecular weight excluding hydrogens is 416 g/mol. The van der Waals surface area contributed by atoms with Gasteiger partial charge in [0.05, 0.1) is 28.6 Å². The van der Waals surface area contributed by atoms with Crippen LogP contribution in [0.3, 0.4) is 0 Å². The van der Waals surface area contributed by atoms with Crippen LogP contribution in [0, 0.1) is 18.3 Å². The Morgan fingerprint density at radius 3 is 2.70 bits per heavy atom. The van der Waals surface area contributed by atoms with Gasteiger partial charge in [0.15, 0.2) is 5.82 Å². The van der Waals surface area contributed by atoms with Crippen molar-refractivity contribution < 1.29 is 5.11 Å². The summed E-state index contributed by atoms with van der Waals surface area (Å²) >= 11 is 0. The van der Waals surface area contributed by atoms with Crippen LogP contribution >= 0.6 is 0 Å². The molecule has 0 radical (unpaired) electrons. The van der Waals surface area contributed by atoms with E-state index in [0.717, 1.165) is 39.2 Å². The summed E-state index contributed by atoms with van der Waals surface area (Å²) in [5.41, 5.74) is 11.0. The number of fused-ring (bicyclic) bond motifs is 2. The van der Waals surface area contributed by atoms with Gasteiger partial charge in [0.1, 0.15) is 17.2 Å². The van der Waals surface area contributed by atoms with Crippen molar-refractivity contribution in [2.75, 3.05) is 5.73 Å². The van der Waals surface area contributed by atoms with Crippen molar-refractivity contribution in [2.24, 2.45) is 7.05 Å². The van der Waals surface area contributed by atoms with E-state index in [1.165, 1.54) is 0 Å². The first-order chi connectivity index (χ1) is 15.8. The molecule has 1 atom stereocenters. The average molecular weight is 441 g/mol. The third-order valence-electron chi connectivity index (χ3n) is 6.13. The summed E-state index contributed by atoms with van der Waals surface area (Å²) in [7, 11) is 1.84. The Bertz CT molecular complexity index is 1480. The zero-order valence-corrected chi connectivity index (χ0v) is 18.7. The molecule has 3 aromatic heterocycles. The van der Waals surface area contributed by atoms with Crippen molar-refractivity contribution in [3.63, 3.8) is 0 Å². The molecule has 3 heterocycles. The van der Waals surface area contributed by atoms with Crippen LogP contribution in [0.15, 0.2) is 42.6 Å². The van der Waals surface area contributed by atoms with Gasteiger partial charge < -0.3 is 15.8 Å². The molecule has 0 saturated carbocycles. The Kier molecular flexibility index (Phi) is 4.69. The van der Waals surface area contributed by atoms with E-state index in [0.29, 0.717) is 30.0 Å². The molecule has 0 bridgehead atoms. The van der Waals surface area contributed by atoms with E-state index in [9.17, 15) is 5.11 Å². The predicted octanol–water partition coefficient (Wildman–Crippen LogP) is 3.19. The fourth-order valence-corrected chi connectivity index (χ4v) is 4.60. The minimum Gasteiger partial charge on any atom is -0.385 e. The molecule has 9 nitrogen and oxygen atoms in total. The van der Waals surface area contributed by atoms with Crippen LogP contribution in [0.4, 0.5) is 5.82 Å². The molecule has 1 unspecified atom stereocenters. The molecule has 1 aromatic carbocycles. The Hall–Kier alpha value is -4.16. The fourth-order valence-electron chi connectivity index (χ4n) is 4.60. The largest absolute Gasteiger partial charge is 0.385 e. The van der Waals surface area contributed by atoms with E-state index in [1.807, 2.05) is 39.1 Å². The quantitative estimate of drug-likeness (QED) is 0.438. The minimum atomic E-state index is -0.891. The lowest BCUT2D eigenvalue weighted by Gasteiger charge is -2.15. The smallest absolute Gasteiger partial charge is 0.157 e. The highest BCUT2D eigenvalue weighted by atomic mass is 16.3. The summed E-state index contributed by atoms with van der Waals surface area (Å²) in [5.74, 6) is 0.943. The third-order valence-corrected chi connectivity index (χ3v) is 6.13. The number of aromatic nitrogens is 6. The number of aliphatic hydroxyl groups is 1. The van der Waals surface area contributed by atoms with Gasteiger partial charge in [0.2, 0.25) is 0 Å². The number of anilines is 1. The molecule has 0 fully saturated rings. The average Bonchev–Trinajstić information content (AvgIpc) is 3.41. The van der Waals surface area contributed by atoms with E-state index >= 15 is 0 Å². The molecule has 0 spiro atoms. The fraction of sp³-hybridized carbons (Fsp3) is 0.250. The van der Waals surface area contributed by atoms with Crippen LogP contribution in [-0.2, 0) is 19.1 Å². The second-order valence-corrected chi connectivity index (χ2v) is 8.54. The number of benzene rings is 1. The number of rotatable bonds is 2. The van der Waals surface area contributed by atoms with E-state index in [4.69, 9.17) is 11.0 Å². The molecule has 5 rings (SSSR count). The van der Waals surface area contributed by atoms with Gasteiger partial charge in [-0.25, -0.2) is 9.67 Å². The summed E-state index contributed by atoms with van der Waals surface area (Å²) in [6.07, 6.45) is 3.06. The monoisotopic (exact) mass is 440 g/mol. The molecule has 1 aliphatic rings. The lowest BCUT2D eigenvalue weighted by molar-refractivity contribution is 0.0586. The highest BCUT2D eigenvalue weighted by Crippen LogP contribution is 2.39. The van der Waals surface area contributed by atoms with Crippen molar-refractivity contribution in [3.05, 3.63) is 65.1 Å². The summed E-state index contributed by atoms with van der Waals surface area (Å²) in [6, 6.07) is 13.0. The number of aromatic amines is 1. The van der Waals surface area contributed by atoms with E-state index in [2.05, 4.69) is 26.2 Å². The van der Waals surface area contributed by atoms with Gasteiger partial charge in [-0.05, 0) is 44.9 Å². The third kappa shape index (κ3) is 3.41. The van der Waals surface area contributed by atoms with Crippen LogP contribution in [0.5, 0.6) is 0 Å². The normalized spacial score (nSPS) is 17.1. The second-order valence-electron chi connectivity index (χ2n) is 8.54. The SMILES string of the molecule is Cc1nn(-c2cc(N)[nH]c3c(ccn2)c(-c2ccc(C#N)cc2)nn3C)c2c1C(C)(O)CC2. The molecule has 0 aliphatic heterocycles. The summed E-state index contributed by atoms with van der Waals surface area (Å²) in [6.45, 7) is 3.72. The summed E-state index contributed by atoms with van der Waals surface area (Å²) in [4.78, 5) is 7.89. The summed E-state index contributed by atoms with van der Waals surface area (Å²) in [5, 5.41) is 30.0. The van der Waals surface area contributed by atoms with Crippen LogP contribution in [0.2, 0.25) is 0 Å². The Morgan fingerprint density at radius 1 is 1.21 bits per heavy atom. The van der Waals surface area contributed by atoms with Gasteiger partial charge in [-0.3, -0.25) is 4.68 Å². The first kappa shape index (κ1) is 20.7. The number of hydrogen-bond acceptors (Lipinski definition) is 6. The molecule has 166 valence electrons. The maximum Gasteiger partial charge on any atom is 0.157 e. The zero-order valence-electron chi connectivity index (χ0n) is 18.7. The Morgan fingerprint density at radius 2 is 1.97 bits per heavy atom. The zero-order chi connectivity index (χ0) is 23.3. The van der Waals surface area contributed by atoms with Crippen LogP contribution < -0.4 is 5.73 Å². The number of nitrogen functional groups attached to an aromatic ring is 1. The van der Waals surface area contributed by atoms with Crippen LogP contribution in [0.25, 0.3) is 28.1 Å². The number of H-pyrrole nitrogens is 1. The number of nitrogens with two attached hydrogens (primary N) is 1. The molecule has 0 amide bonds. The van der Waals surface area contributed by atoms with E-state index in [-0.39, 0.29) is 0 Å². The van der Waals surface area contributed by atoms with E-state index in [1.54, 1.807) is 33.8 Å². The molecular formula is C24H24N8O. The van der Waals surface area contributed by atoms with Gasteiger partial charge in [0, 0.05) is 35.8 Å². The number of nitrogens with zero attached hydrogens (tertiary/aromatic N) is 6. The van der Waals surface area contributed by atoms with Crippen LogP contribution in [-0.4, -0.2) is 34.6 Å².